The van der Waals surface area contributed by atoms with Crippen LogP contribution in [0.5, 0.6) is 11.5 Å². The summed E-state index contributed by atoms with van der Waals surface area (Å²) in [6.07, 6.45) is 1.56. The molecule has 8 heteroatoms. The van der Waals surface area contributed by atoms with Gasteiger partial charge >= 0.3 is 12.2 Å². The molecule has 0 aliphatic heterocycles. The van der Waals surface area contributed by atoms with Crippen LogP contribution >= 0.6 is 0 Å². The molecule has 0 radical (unpaired) electrons. The fourth-order valence-electron chi connectivity index (χ4n) is 2.22. The van der Waals surface area contributed by atoms with E-state index < -0.39 is 12.2 Å². The molecule has 0 bridgehead atoms. The summed E-state index contributed by atoms with van der Waals surface area (Å²) in [5, 5.41) is 3.06. The summed E-state index contributed by atoms with van der Waals surface area (Å²) in [7, 11) is 1.40. The molecule has 0 amide bonds. The molecule has 6 nitrogen and oxygen atoms in total. The number of hydrogen-bond acceptors (Lipinski definition) is 5. The number of nitrogens with one attached hydrogen (secondary N) is 1. The molecular formula is C16H19F2N3O3. The number of hydrogen-bond donors (Lipinski definition) is 1. The Morgan fingerprint density at radius 3 is 2.54 bits per heavy atom. The third kappa shape index (κ3) is 3.81. The fraction of sp³-hybridized carbons (Fsp3) is 0.375. The third-order valence-electron chi connectivity index (χ3n) is 3.51. The normalized spacial score (nSPS) is 10.8. The number of ether oxygens (including phenoxy) is 2. The number of nitrogens with zero attached hydrogens (tertiary/aromatic N) is 2. The third-order valence-corrected chi connectivity index (χ3v) is 3.51. The molecule has 0 saturated heterocycles. The number of methoxy groups -OCH3 is 1. The molecule has 1 aromatic heterocycles. The number of halogens is 2. The molecular weight excluding hydrogens is 320 g/mol. The molecule has 1 N–H and O–H groups in total. The lowest BCUT2D eigenvalue weighted by molar-refractivity contribution is -0.0503. The second-order valence-corrected chi connectivity index (χ2v) is 5.16. The van der Waals surface area contributed by atoms with Crippen LogP contribution < -0.4 is 20.3 Å². The van der Waals surface area contributed by atoms with E-state index in [1.54, 1.807) is 30.7 Å². The summed E-state index contributed by atoms with van der Waals surface area (Å²) in [6, 6.07) is 3.19. The monoisotopic (exact) mass is 339 g/mol. The predicted octanol–water partition coefficient (Wildman–Crippen LogP) is 3.23. The van der Waals surface area contributed by atoms with Gasteiger partial charge in [-0.15, -0.1) is 0 Å². The maximum absolute atomic E-state index is 12.4. The first-order chi connectivity index (χ1) is 11.3. The Balaban J connectivity index is 2.40. The Bertz CT molecular complexity index is 791. The van der Waals surface area contributed by atoms with Gasteiger partial charge < -0.3 is 19.4 Å². The van der Waals surface area contributed by atoms with Gasteiger partial charge in [0, 0.05) is 12.2 Å². The Morgan fingerprint density at radius 1 is 1.25 bits per heavy atom. The van der Waals surface area contributed by atoms with Crippen molar-refractivity contribution >= 4 is 11.6 Å². The van der Waals surface area contributed by atoms with E-state index in [1.165, 1.54) is 13.2 Å². The Labute approximate surface area is 138 Å². The van der Waals surface area contributed by atoms with Crippen LogP contribution in [-0.4, -0.2) is 23.3 Å². The van der Waals surface area contributed by atoms with Crippen molar-refractivity contribution in [3.63, 3.8) is 0 Å². The lowest BCUT2D eigenvalue weighted by Crippen LogP contribution is -2.18. The minimum Gasteiger partial charge on any atom is -0.490 e. The molecule has 2 rings (SSSR count). The van der Waals surface area contributed by atoms with E-state index in [-0.39, 0.29) is 11.5 Å². The smallest absolute Gasteiger partial charge is 0.387 e. The summed E-state index contributed by atoms with van der Waals surface area (Å²) in [5.41, 5.74) is 1.39. The van der Waals surface area contributed by atoms with Crippen LogP contribution in [0.4, 0.5) is 20.4 Å². The van der Waals surface area contributed by atoms with Crippen molar-refractivity contribution < 1.29 is 18.3 Å². The highest BCUT2D eigenvalue weighted by Crippen LogP contribution is 2.29. The van der Waals surface area contributed by atoms with Gasteiger partial charge in [0.1, 0.15) is 5.75 Å². The number of anilines is 2. The van der Waals surface area contributed by atoms with Gasteiger partial charge in [0.25, 0.3) is 0 Å². The molecule has 1 heterocycles. The highest BCUT2D eigenvalue weighted by atomic mass is 19.3. The van der Waals surface area contributed by atoms with Crippen LogP contribution in [0.25, 0.3) is 0 Å². The van der Waals surface area contributed by atoms with Crippen LogP contribution in [0.2, 0.25) is 0 Å². The lowest BCUT2D eigenvalue weighted by Gasteiger charge is -2.17. The number of benzene rings is 1. The first-order valence-electron chi connectivity index (χ1n) is 7.34. The predicted molar refractivity (Wildman–Crippen MR) is 86.6 cm³/mol. The van der Waals surface area contributed by atoms with E-state index in [0.717, 1.165) is 0 Å². The van der Waals surface area contributed by atoms with Crippen molar-refractivity contribution in [2.24, 2.45) is 0 Å². The van der Waals surface area contributed by atoms with Gasteiger partial charge in [0.05, 0.1) is 13.3 Å². The molecule has 0 aliphatic carbocycles. The first-order valence-corrected chi connectivity index (χ1v) is 7.34. The van der Waals surface area contributed by atoms with Gasteiger partial charge in [-0.3, -0.25) is 4.79 Å². The summed E-state index contributed by atoms with van der Waals surface area (Å²) in [6.45, 7) is 3.00. The van der Waals surface area contributed by atoms with Crippen molar-refractivity contribution in [1.82, 2.24) is 9.55 Å². The van der Waals surface area contributed by atoms with Crippen molar-refractivity contribution in [3.05, 3.63) is 39.8 Å². The van der Waals surface area contributed by atoms with Gasteiger partial charge in [0.15, 0.2) is 0 Å². The SMILES string of the molecule is CCn1cc(OC)c(=O)nc1Nc1cc(C)c(OC(F)F)cc1C. The summed E-state index contributed by atoms with van der Waals surface area (Å²) in [4.78, 5) is 15.8. The Kier molecular flexibility index (Phi) is 5.38. The molecule has 0 unspecified atom stereocenters. The first kappa shape index (κ1) is 17.7. The van der Waals surface area contributed by atoms with Crippen LogP contribution in [0.15, 0.2) is 23.1 Å². The quantitative estimate of drug-likeness (QED) is 0.875. The topological polar surface area (TPSA) is 65.4 Å². The molecule has 1 aromatic carbocycles. The molecule has 0 spiro atoms. The minimum absolute atomic E-state index is 0.114. The van der Waals surface area contributed by atoms with Crippen molar-refractivity contribution in [3.8, 4) is 11.5 Å². The van der Waals surface area contributed by atoms with Crippen molar-refractivity contribution in [2.45, 2.75) is 33.9 Å². The van der Waals surface area contributed by atoms with Gasteiger partial charge in [-0.1, -0.05) is 0 Å². The van der Waals surface area contributed by atoms with E-state index >= 15 is 0 Å². The van der Waals surface area contributed by atoms with E-state index in [2.05, 4.69) is 15.0 Å². The van der Waals surface area contributed by atoms with E-state index in [4.69, 9.17) is 4.74 Å². The average Bonchev–Trinajstić information content (AvgIpc) is 2.52. The summed E-state index contributed by atoms with van der Waals surface area (Å²) in [5.74, 6) is 0.605. The van der Waals surface area contributed by atoms with Crippen LogP contribution in [0.3, 0.4) is 0 Å². The molecule has 0 saturated carbocycles. The molecule has 0 fully saturated rings. The molecule has 2 aromatic rings. The second kappa shape index (κ2) is 7.29. The minimum atomic E-state index is -2.88. The molecule has 130 valence electrons. The molecule has 24 heavy (non-hydrogen) atoms. The highest BCUT2D eigenvalue weighted by molar-refractivity contribution is 5.62. The largest absolute Gasteiger partial charge is 0.490 e. The maximum Gasteiger partial charge on any atom is 0.387 e. The van der Waals surface area contributed by atoms with Crippen molar-refractivity contribution in [1.29, 1.82) is 0 Å². The number of aryl methyl sites for hydroxylation is 3. The number of alkyl halides is 2. The summed E-state index contributed by atoms with van der Waals surface area (Å²) >= 11 is 0. The van der Waals surface area contributed by atoms with Crippen LogP contribution in [0, 0.1) is 13.8 Å². The maximum atomic E-state index is 12.4. The number of aromatic nitrogens is 2. The Morgan fingerprint density at radius 2 is 1.96 bits per heavy atom. The Hall–Kier alpha value is -2.64. The van der Waals surface area contributed by atoms with E-state index in [9.17, 15) is 13.6 Å². The standard InChI is InChI=1S/C16H19F2N3O3/c1-5-21-8-13(23-4)14(22)20-16(21)19-11-6-10(3)12(7-9(11)2)24-15(17)18/h6-8,15H,5H2,1-4H3,(H,19,20,22). The zero-order valence-corrected chi connectivity index (χ0v) is 13.9. The van der Waals surface area contributed by atoms with Crippen LogP contribution in [-0.2, 0) is 6.54 Å². The fourth-order valence-corrected chi connectivity index (χ4v) is 2.22. The zero-order valence-electron chi connectivity index (χ0n) is 13.9. The second-order valence-electron chi connectivity index (χ2n) is 5.16. The number of rotatable bonds is 6. The molecule has 0 atom stereocenters. The van der Waals surface area contributed by atoms with Gasteiger partial charge in [-0.25, -0.2) is 0 Å². The molecule has 0 aliphatic rings. The van der Waals surface area contributed by atoms with E-state index in [1.807, 2.05) is 6.92 Å². The lowest BCUT2D eigenvalue weighted by atomic mass is 10.1. The van der Waals surface area contributed by atoms with Gasteiger partial charge in [0.2, 0.25) is 11.7 Å². The highest BCUT2D eigenvalue weighted by Gasteiger charge is 2.13. The average molecular weight is 339 g/mol. The summed E-state index contributed by atoms with van der Waals surface area (Å²) < 4.78 is 36.0. The van der Waals surface area contributed by atoms with Crippen molar-refractivity contribution in [2.75, 3.05) is 12.4 Å². The van der Waals surface area contributed by atoms with Crippen LogP contribution in [0.1, 0.15) is 18.1 Å². The van der Waals surface area contributed by atoms with Gasteiger partial charge in [-0.05, 0) is 44.0 Å². The zero-order chi connectivity index (χ0) is 17.9. The van der Waals surface area contributed by atoms with Gasteiger partial charge in [-0.2, -0.15) is 13.8 Å². The van der Waals surface area contributed by atoms with E-state index in [0.29, 0.717) is 29.3 Å².